The first kappa shape index (κ1) is 26.3. The average molecular weight is 715 g/mol. The fraction of sp³-hybridized carbons (Fsp3) is 0.304. The first-order valence-corrected chi connectivity index (χ1v) is 15.8. The second-order valence-corrected chi connectivity index (χ2v) is 16.2. The number of rotatable bonds is 12. The standard InChI is InChI=1S/C23H25BrI2O5/c1-2-30-22(27)9-6-14-29-16-21(19-10-12-20(24)13-11-19)26(17-25)23(28)31-15-18-7-4-3-5-8-18/h3-13,21H,2,14-17H2,1H3/b9-6+/t21-/m0/s1. The molecule has 5 nitrogen and oxygen atoms in total. The number of esters is 1. The van der Waals surface area contributed by atoms with Gasteiger partial charge in [0.05, 0.1) is 0 Å². The van der Waals surface area contributed by atoms with E-state index in [0.717, 1.165) is 18.0 Å². The molecule has 2 aromatic rings. The first-order chi connectivity index (χ1) is 15.0. The van der Waals surface area contributed by atoms with Gasteiger partial charge in [0.25, 0.3) is 0 Å². The van der Waals surface area contributed by atoms with E-state index in [2.05, 4.69) is 38.5 Å². The van der Waals surface area contributed by atoms with Crippen LogP contribution in [0.15, 0.2) is 71.2 Å². The number of ether oxygens (including phenoxy) is 3. The Bertz CT molecular complexity index is 843. The van der Waals surface area contributed by atoms with Gasteiger partial charge in [-0.3, -0.25) is 0 Å². The molecule has 0 saturated heterocycles. The summed E-state index contributed by atoms with van der Waals surface area (Å²) in [4.78, 5) is 24.4. The van der Waals surface area contributed by atoms with Crippen molar-refractivity contribution in [3.05, 3.63) is 82.3 Å². The molecule has 0 heterocycles. The van der Waals surface area contributed by atoms with E-state index in [-0.39, 0.29) is 27.1 Å². The molecular weight excluding hydrogens is 690 g/mol. The molecule has 31 heavy (non-hydrogen) atoms. The molecule has 0 aromatic heterocycles. The summed E-state index contributed by atoms with van der Waals surface area (Å²) in [5.41, 5.74) is 2.04. The minimum absolute atomic E-state index is 0.0199. The molecule has 0 radical (unpaired) electrons. The number of benzene rings is 2. The topological polar surface area (TPSA) is 61.8 Å². The molecule has 0 aliphatic carbocycles. The number of halogens is 3. The Labute approximate surface area is 212 Å². The quantitative estimate of drug-likeness (QED) is 0.0601. The van der Waals surface area contributed by atoms with Crippen LogP contribution >= 0.6 is 58.3 Å². The predicted octanol–water partition coefficient (Wildman–Crippen LogP) is 6.86. The van der Waals surface area contributed by atoms with E-state index in [0.29, 0.717) is 13.2 Å². The van der Waals surface area contributed by atoms with Crippen molar-refractivity contribution in [3.63, 3.8) is 0 Å². The van der Waals surface area contributed by atoms with Crippen molar-refractivity contribution < 1.29 is 23.8 Å². The van der Waals surface area contributed by atoms with E-state index in [1.807, 2.05) is 54.6 Å². The third-order valence-electron chi connectivity index (χ3n) is 4.07. The van der Waals surface area contributed by atoms with Crippen molar-refractivity contribution in [3.8, 4) is 0 Å². The van der Waals surface area contributed by atoms with Crippen LogP contribution in [0, 0.1) is 0 Å². The third-order valence-corrected chi connectivity index (χ3v) is 13.7. The monoisotopic (exact) mass is 714 g/mol. The molecular formula is C23H25BrI2O5. The Morgan fingerprint density at radius 3 is 2.45 bits per heavy atom. The molecule has 0 amide bonds. The van der Waals surface area contributed by atoms with Gasteiger partial charge in [-0.05, 0) is 0 Å². The van der Waals surface area contributed by atoms with Gasteiger partial charge in [0.15, 0.2) is 0 Å². The molecule has 0 N–H and O–H groups in total. The summed E-state index contributed by atoms with van der Waals surface area (Å²) < 4.78 is 18.0. The zero-order valence-corrected chi connectivity index (χ0v) is 23.0. The summed E-state index contributed by atoms with van der Waals surface area (Å²) in [5.74, 6) is -0.388. The van der Waals surface area contributed by atoms with Crippen LogP contribution in [0.4, 0.5) is 4.79 Å². The fourth-order valence-corrected chi connectivity index (χ4v) is 10.9. The van der Waals surface area contributed by atoms with Gasteiger partial charge in [-0.25, -0.2) is 0 Å². The number of carbonyl (C=O) groups excluding carboxylic acids is 2. The minimum atomic E-state index is -2.23. The number of carbonyl (C=O) groups is 2. The summed E-state index contributed by atoms with van der Waals surface area (Å²) in [6, 6.07) is 17.7. The van der Waals surface area contributed by atoms with Crippen molar-refractivity contribution in [1.29, 1.82) is 0 Å². The van der Waals surface area contributed by atoms with Gasteiger partial charge in [0.2, 0.25) is 0 Å². The zero-order valence-electron chi connectivity index (χ0n) is 17.1. The van der Waals surface area contributed by atoms with Gasteiger partial charge in [-0.2, -0.15) is 0 Å². The Hall–Kier alpha value is -0.980. The summed E-state index contributed by atoms with van der Waals surface area (Å²) in [6.45, 7) is 3.04. The molecule has 1 atom stereocenters. The second kappa shape index (κ2) is 15.0. The van der Waals surface area contributed by atoms with Crippen molar-refractivity contribution in [1.82, 2.24) is 0 Å². The Balaban J connectivity index is 2.05. The maximum absolute atomic E-state index is 13.0. The Morgan fingerprint density at radius 2 is 1.81 bits per heavy atom. The summed E-state index contributed by atoms with van der Waals surface area (Å²) in [5, 5.41) is 0. The molecule has 0 saturated carbocycles. The molecule has 0 unspecified atom stereocenters. The van der Waals surface area contributed by atoms with Gasteiger partial charge in [0.1, 0.15) is 0 Å². The van der Waals surface area contributed by atoms with Crippen LogP contribution in [-0.2, 0) is 25.6 Å². The summed E-state index contributed by atoms with van der Waals surface area (Å²) in [7, 11) is 0. The average Bonchev–Trinajstić information content (AvgIpc) is 2.78. The van der Waals surface area contributed by atoms with Crippen LogP contribution in [0.3, 0.4) is 0 Å². The molecule has 2 aromatic carbocycles. The van der Waals surface area contributed by atoms with Crippen LogP contribution in [0.5, 0.6) is 0 Å². The maximum atomic E-state index is 13.0. The van der Waals surface area contributed by atoms with Crippen LogP contribution in [0.1, 0.15) is 22.0 Å². The van der Waals surface area contributed by atoms with Crippen LogP contribution in [0.2, 0.25) is 0 Å². The Kier molecular flexibility index (Phi) is 12.7. The van der Waals surface area contributed by atoms with Crippen molar-refractivity contribution in [2.45, 2.75) is 17.5 Å². The molecule has 0 aliphatic rings. The fourth-order valence-electron chi connectivity index (χ4n) is 2.57. The molecule has 0 spiro atoms. The van der Waals surface area contributed by atoms with Gasteiger partial charge in [-0.1, -0.05) is 0 Å². The number of alkyl halides is 3. The van der Waals surface area contributed by atoms with Crippen LogP contribution < -0.4 is 0 Å². The van der Waals surface area contributed by atoms with E-state index in [4.69, 9.17) is 14.2 Å². The zero-order chi connectivity index (χ0) is 22.5. The molecule has 0 aliphatic heterocycles. The van der Waals surface area contributed by atoms with Gasteiger partial charge in [0, 0.05) is 0 Å². The summed E-state index contributed by atoms with van der Waals surface area (Å²) >= 11 is 3.52. The molecule has 168 valence electrons. The van der Waals surface area contributed by atoms with Crippen molar-refractivity contribution in [2.24, 2.45) is 0 Å². The second-order valence-electron chi connectivity index (χ2n) is 6.22. The van der Waals surface area contributed by atoms with E-state index >= 15 is 0 Å². The van der Waals surface area contributed by atoms with Crippen LogP contribution in [-0.4, -0.2) is 32.2 Å². The van der Waals surface area contributed by atoms with Crippen molar-refractivity contribution in [2.75, 3.05) is 22.3 Å². The SMILES string of the molecule is CCOC(=O)/C=C/COC[C@@H](c1ccc(Br)cc1)I(CI)C(=O)OCc1ccccc1. The van der Waals surface area contributed by atoms with Gasteiger partial charge >= 0.3 is 214 Å². The molecule has 2 rings (SSSR count). The third kappa shape index (κ3) is 9.58. The molecule has 8 heteroatoms. The molecule has 0 fully saturated rings. The summed E-state index contributed by atoms with van der Waals surface area (Å²) in [6.07, 6.45) is 2.99. The van der Waals surface area contributed by atoms with Gasteiger partial charge in [-0.15, -0.1) is 0 Å². The Morgan fingerprint density at radius 1 is 1.10 bits per heavy atom. The van der Waals surface area contributed by atoms with E-state index < -0.39 is 19.8 Å². The number of hydrogen-bond donors (Lipinski definition) is 0. The predicted molar refractivity (Wildman–Crippen MR) is 143 cm³/mol. The van der Waals surface area contributed by atoms with Gasteiger partial charge < -0.3 is 0 Å². The van der Waals surface area contributed by atoms with Crippen molar-refractivity contribution >= 4 is 68.3 Å². The first-order valence-electron chi connectivity index (χ1n) is 9.62. The van der Waals surface area contributed by atoms with E-state index in [1.165, 1.54) is 6.08 Å². The normalized spacial score (nSPS) is 12.4. The van der Waals surface area contributed by atoms with E-state index in [1.54, 1.807) is 13.0 Å². The van der Waals surface area contributed by atoms with Crippen LogP contribution in [0.25, 0.3) is 0 Å². The molecule has 0 bridgehead atoms. The number of hydrogen-bond acceptors (Lipinski definition) is 5. The van der Waals surface area contributed by atoms with E-state index in [9.17, 15) is 9.59 Å².